The first-order valence-corrected chi connectivity index (χ1v) is 7.46. The summed E-state index contributed by atoms with van der Waals surface area (Å²) >= 11 is 0. The number of nitrogens with two attached hydrogens (primary N) is 1. The predicted molar refractivity (Wildman–Crippen MR) is 74.1 cm³/mol. The van der Waals surface area contributed by atoms with E-state index in [0.717, 1.165) is 18.9 Å². The van der Waals surface area contributed by atoms with Gasteiger partial charge in [-0.3, -0.25) is 0 Å². The van der Waals surface area contributed by atoms with Crippen molar-refractivity contribution in [1.29, 1.82) is 0 Å². The zero-order valence-electron chi connectivity index (χ0n) is 12.0. The molecule has 2 N–H and O–H groups in total. The van der Waals surface area contributed by atoms with Gasteiger partial charge in [-0.1, -0.05) is 26.2 Å². The SMILES string of the molecule is CCCCC1CCC(N)(CCOC(C)C)CC1. The Kier molecular flexibility index (Phi) is 6.50. The van der Waals surface area contributed by atoms with Crippen molar-refractivity contribution in [1.82, 2.24) is 0 Å². The highest BCUT2D eigenvalue weighted by molar-refractivity contribution is 4.89. The third-order valence-electron chi connectivity index (χ3n) is 4.12. The average Bonchev–Trinajstić information content (AvgIpc) is 2.28. The Morgan fingerprint density at radius 3 is 2.47 bits per heavy atom. The zero-order chi connectivity index (χ0) is 12.7. The maximum atomic E-state index is 6.46. The Morgan fingerprint density at radius 2 is 1.94 bits per heavy atom. The molecule has 0 aromatic carbocycles. The van der Waals surface area contributed by atoms with Crippen molar-refractivity contribution in [3.63, 3.8) is 0 Å². The van der Waals surface area contributed by atoms with E-state index in [4.69, 9.17) is 10.5 Å². The molecule has 0 aromatic heterocycles. The van der Waals surface area contributed by atoms with Crippen LogP contribution in [-0.4, -0.2) is 18.2 Å². The highest BCUT2D eigenvalue weighted by atomic mass is 16.5. The van der Waals surface area contributed by atoms with Crippen LogP contribution in [0, 0.1) is 5.92 Å². The molecule has 1 rings (SSSR count). The molecule has 2 nitrogen and oxygen atoms in total. The number of ether oxygens (including phenoxy) is 1. The normalized spacial score (nSPS) is 29.8. The molecule has 0 aliphatic heterocycles. The van der Waals surface area contributed by atoms with Gasteiger partial charge in [-0.2, -0.15) is 0 Å². The van der Waals surface area contributed by atoms with E-state index in [1.54, 1.807) is 0 Å². The molecular weight excluding hydrogens is 210 g/mol. The molecule has 0 bridgehead atoms. The third kappa shape index (κ3) is 5.87. The van der Waals surface area contributed by atoms with Crippen LogP contribution < -0.4 is 5.73 Å². The van der Waals surface area contributed by atoms with Crippen molar-refractivity contribution in [3.8, 4) is 0 Å². The fraction of sp³-hybridized carbons (Fsp3) is 1.00. The van der Waals surface area contributed by atoms with Crippen molar-refractivity contribution in [2.75, 3.05) is 6.61 Å². The van der Waals surface area contributed by atoms with Crippen LogP contribution >= 0.6 is 0 Å². The second-order valence-electron chi connectivity index (χ2n) is 6.12. The summed E-state index contributed by atoms with van der Waals surface area (Å²) in [6.07, 6.45) is 10.5. The number of hydrogen-bond acceptors (Lipinski definition) is 2. The zero-order valence-corrected chi connectivity index (χ0v) is 12.0. The summed E-state index contributed by atoms with van der Waals surface area (Å²) in [7, 11) is 0. The Balaban J connectivity index is 2.19. The van der Waals surface area contributed by atoms with Crippen LogP contribution in [0.15, 0.2) is 0 Å². The summed E-state index contributed by atoms with van der Waals surface area (Å²) in [5.41, 5.74) is 6.52. The monoisotopic (exact) mass is 241 g/mol. The van der Waals surface area contributed by atoms with E-state index in [0.29, 0.717) is 6.10 Å². The first kappa shape index (κ1) is 15.0. The minimum absolute atomic E-state index is 0.0671. The van der Waals surface area contributed by atoms with Crippen LogP contribution in [0.4, 0.5) is 0 Å². The van der Waals surface area contributed by atoms with Gasteiger partial charge in [0.05, 0.1) is 6.10 Å². The van der Waals surface area contributed by atoms with E-state index in [2.05, 4.69) is 20.8 Å². The van der Waals surface area contributed by atoms with Crippen molar-refractivity contribution < 1.29 is 4.74 Å². The van der Waals surface area contributed by atoms with Crippen LogP contribution in [0.3, 0.4) is 0 Å². The first-order valence-electron chi connectivity index (χ1n) is 7.46. The van der Waals surface area contributed by atoms with Gasteiger partial charge < -0.3 is 10.5 Å². The quantitative estimate of drug-likeness (QED) is 0.734. The van der Waals surface area contributed by atoms with E-state index in [1.165, 1.54) is 44.9 Å². The minimum atomic E-state index is 0.0671. The van der Waals surface area contributed by atoms with Crippen LogP contribution in [0.2, 0.25) is 0 Å². The van der Waals surface area contributed by atoms with Crippen LogP contribution in [0.5, 0.6) is 0 Å². The summed E-state index contributed by atoms with van der Waals surface area (Å²) in [6.45, 7) is 7.28. The maximum Gasteiger partial charge on any atom is 0.0518 e. The Hall–Kier alpha value is -0.0800. The molecular formula is C15H31NO. The van der Waals surface area contributed by atoms with Gasteiger partial charge in [0.2, 0.25) is 0 Å². The summed E-state index contributed by atoms with van der Waals surface area (Å²) in [4.78, 5) is 0. The van der Waals surface area contributed by atoms with E-state index in [1.807, 2.05) is 0 Å². The molecule has 0 radical (unpaired) electrons. The van der Waals surface area contributed by atoms with Crippen molar-refractivity contribution in [2.45, 2.75) is 83.8 Å². The summed E-state index contributed by atoms with van der Waals surface area (Å²) in [5, 5.41) is 0. The molecule has 0 saturated heterocycles. The molecule has 0 aromatic rings. The van der Waals surface area contributed by atoms with E-state index in [9.17, 15) is 0 Å². The van der Waals surface area contributed by atoms with Gasteiger partial charge in [-0.05, 0) is 51.9 Å². The van der Waals surface area contributed by atoms with Gasteiger partial charge in [-0.25, -0.2) is 0 Å². The van der Waals surface area contributed by atoms with Gasteiger partial charge >= 0.3 is 0 Å². The lowest BCUT2D eigenvalue weighted by Gasteiger charge is -2.37. The summed E-state index contributed by atoms with van der Waals surface area (Å²) in [6, 6.07) is 0. The molecule has 0 heterocycles. The van der Waals surface area contributed by atoms with Gasteiger partial charge in [0.15, 0.2) is 0 Å². The van der Waals surface area contributed by atoms with Crippen LogP contribution in [-0.2, 0) is 4.74 Å². The van der Waals surface area contributed by atoms with Crippen molar-refractivity contribution in [2.24, 2.45) is 11.7 Å². The van der Waals surface area contributed by atoms with E-state index in [-0.39, 0.29) is 5.54 Å². The highest BCUT2D eigenvalue weighted by Crippen LogP contribution is 2.35. The molecule has 0 atom stereocenters. The molecule has 0 amide bonds. The molecule has 1 saturated carbocycles. The number of hydrogen-bond donors (Lipinski definition) is 1. The van der Waals surface area contributed by atoms with Gasteiger partial charge in [0.25, 0.3) is 0 Å². The second kappa shape index (κ2) is 7.38. The smallest absolute Gasteiger partial charge is 0.0518 e. The van der Waals surface area contributed by atoms with Gasteiger partial charge in [0.1, 0.15) is 0 Å². The third-order valence-corrected chi connectivity index (χ3v) is 4.12. The molecule has 0 unspecified atom stereocenters. The molecule has 102 valence electrons. The fourth-order valence-corrected chi connectivity index (χ4v) is 2.78. The van der Waals surface area contributed by atoms with Crippen LogP contribution in [0.1, 0.15) is 72.1 Å². The van der Waals surface area contributed by atoms with Crippen LogP contribution in [0.25, 0.3) is 0 Å². The summed E-state index contributed by atoms with van der Waals surface area (Å²) in [5.74, 6) is 0.942. The Morgan fingerprint density at radius 1 is 1.29 bits per heavy atom. The number of rotatable bonds is 7. The lowest BCUT2D eigenvalue weighted by molar-refractivity contribution is 0.0562. The van der Waals surface area contributed by atoms with E-state index >= 15 is 0 Å². The molecule has 1 aliphatic carbocycles. The lowest BCUT2D eigenvalue weighted by Crippen LogP contribution is -2.44. The second-order valence-corrected chi connectivity index (χ2v) is 6.12. The number of unbranched alkanes of at least 4 members (excludes halogenated alkanes) is 1. The fourth-order valence-electron chi connectivity index (χ4n) is 2.78. The topological polar surface area (TPSA) is 35.2 Å². The van der Waals surface area contributed by atoms with Crippen molar-refractivity contribution >= 4 is 0 Å². The summed E-state index contributed by atoms with van der Waals surface area (Å²) < 4.78 is 5.62. The minimum Gasteiger partial charge on any atom is -0.379 e. The maximum absolute atomic E-state index is 6.46. The molecule has 17 heavy (non-hydrogen) atoms. The standard InChI is InChI=1S/C15H31NO/c1-4-5-6-14-7-9-15(16,10-8-14)11-12-17-13(2)3/h13-14H,4-12,16H2,1-3H3. The van der Waals surface area contributed by atoms with E-state index < -0.39 is 0 Å². The molecule has 1 fully saturated rings. The average molecular weight is 241 g/mol. The first-order chi connectivity index (χ1) is 8.06. The molecule has 2 heteroatoms. The van der Waals surface area contributed by atoms with Gasteiger partial charge in [-0.15, -0.1) is 0 Å². The molecule has 1 aliphatic rings. The highest BCUT2D eigenvalue weighted by Gasteiger charge is 2.30. The van der Waals surface area contributed by atoms with Crippen molar-refractivity contribution in [3.05, 3.63) is 0 Å². The predicted octanol–water partition coefficient (Wildman–Crippen LogP) is 3.88. The molecule has 0 spiro atoms. The largest absolute Gasteiger partial charge is 0.379 e. The van der Waals surface area contributed by atoms with Gasteiger partial charge in [0, 0.05) is 12.1 Å². The lowest BCUT2D eigenvalue weighted by atomic mass is 9.74. The Bertz CT molecular complexity index is 195. The Labute approximate surface area is 107 Å².